The predicted octanol–water partition coefficient (Wildman–Crippen LogP) is 5.20. The lowest BCUT2D eigenvalue weighted by Crippen LogP contribution is -2.17. The van der Waals surface area contributed by atoms with Crippen molar-refractivity contribution in [1.29, 1.82) is 0 Å². The average molecular weight is 474 g/mol. The highest BCUT2D eigenvalue weighted by Crippen LogP contribution is 2.31. The summed E-state index contributed by atoms with van der Waals surface area (Å²) in [6.45, 7) is 0.253. The molecule has 0 fully saturated rings. The Morgan fingerprint density at radius 3 is 2.79 bits per heavy atom. The van der Waals surface area contributed by atoms with Gasteiger partial charge in [-0.05, 0) is 36.8 Å². The van der Waals surface area contributed by atoms with Crippen LogP contribution in [0.1, 0.15) is 12.8 Å². The van der Waals surface area contributed by atoms with E-state index in [2.05, 4.69) is 10.3 Å². The molecule has 0 aliphatic carbocycles. The second-order valence-corrected chi connectivity index (χ2v) is 8.68. The molecular weight excluding hydrogens is 456 g/mol. The molecule has 5 aromatic rings. The van der Waals surface area contributed by atoms with Crippen molar-refractivity contribution in [2.75, 3.05) is 5.32 Å². The first-order valence-electron chi connectivity index (χ1n) is 10.5. The number of para-hydroxylation sites is 1. The molecule has 0 atom stereocenters. The number of carbonyl (C=O) groups is 1. The Morgan fingerprint density at radius 1 is 1.12 bits per heavy atom. The number of hydrogen-bond donors (Lipinski definition) is 1. The second kappa shape index (κ2) is 8.91. The summed E-state index contributed by atoms with van der Waals surface area (Å²) in [5.74, 6) is -0.794. The normalized spacial score (nSPS) is 11.2. The summed E-state index contributed by atoms with van der Waals surface area (Å²) >= 11 is 1.59. The predicted molar refractivity (Wildman–Crippen MR) is 130 cm³/mol. The number of aromatic nitrogens is 2. The van der Waals surface area contributed by atoms with Gasteiger partial charge >= 0.3 is 5.76 Å². The van der Waals surface area contributed by atoms with Gasteiger partial charge in [-0.15, -0.1) is 11.3 Å². The largest absolute Gasteiger partial charge is 0.419 e. The van der Waals surface area contributed by atoms with Crippen LogP contribution in [-0.2, 0) is 11.3 Å². The maximum absolute atomic E-state index is 12.5. The number of non-ortho nitro benzene ring substituents is 1. The van der Waals surface area contributed by atoms with Crippen LogP contribution < -0.4 is 11.1 Å². The third-order valence-electron chi connectivity index (χ3n) is 5.34. The minimum absolute atomic E-state index is 0.148. The fraction of sp³-hybridized carbons (Fsp3) is 0.125. The Hall–Kier alpha value is -4.31. The number of nitrogens with one attached hydrogen (secondary N) is 1. The molecule has 1 amide bonds. The second-order valence-electron chi connectivity index (χ2n) is 7.65. The van der Waals surface area contributed by atoms with E-state index in [0.29, 0.717) is 17.6 Å². The van der Waals surface area contributed by atoms with E-state index in [4.69, 9.17) is 4.42 Å². The fourth-order valence-corrected chi connectivity index (χ4v) is 4.69. The molecule has 2 aromatic heterocycles. The molecule has 0 spiro atoms. The Kier molecular flexibility index (Phi) is 5.64. The Balaban J connectivity index is 1.23. The number of oxazole rings is 1. The smallest absolute Gasteiger partial charge is 0.407 e. The summed E-state index contributed by atoms with van der Waals surface area (Å²) in [5, 5.41) is 14.7. The van der Waals surface area contributed by atoms with Crippen LogP contribution in [0, 0.1) is 10.1 Å². The SMILES string of the molecule is O=C(CCCn1c(=O)oc2cc([N+](=O)[O-])ccc21)Nc1cccc(-c2nc3ccccc3s2)c1. The number of nitrogens with zero attached hydrogens (tertiary/aromatic N) is 3. The number of fused-ring (bicyclic) bond motifs is 2. The van der Waals surface area contributed by atoms with E-state index in [-0.39, 0.29) is 30.1 Å². The number of benzene rings is 3. The van der Waals surface area contributed by atoms with Crippen LogP contribution in [0.2, 0.25) is 0 Å². The first-order valence-corrected chi connectivity index (χ1v) is 11.3. The van der Waals surface area contributed by atoms with Crippen molar-refractivity contribution in [3.05, 3.63) is 87.4 Å². The van der Waals surface area contributed by atoms with Crippen LogP contribution >= 0.6 is 11.3 Å². The molecule has 0 radical (unpaired) electrons. The van der Waals surface area contributed by atoms with Crippen LogP contribution in [0.4, 0.5) is 11.4 Å². The summed E-state index contributed by atoms with van der Waals surface area (Å²) in [6.07, 6.45) is 0.590. The number of anilines is 1. The number of hydrogen-bond acceptors (Lipinski definition) is 7. The highest BCUT2D eigenvalue weighted by Gasteiger charge is 2.14. The molecule has 34 heavy (non-hydrogen) atoms. The quantitative estimate of drug-likeness (QED) is 0.256. The maximum atomic E-state index is 12.5. The number of nitro groups is 1. The number of aryl methyl sites for hydroxylation is 1. The lowest BCUT2D eigenvalue weighted by molar-refractivity contribution is -0.384. The van der Waals surface area contributed by atoms with E-state index in [1.165, 1.54) is 22.8 Å². The van der Waals surface area contributed by atoms with Gasteiger partial charge in [-0.25, -0.2) is 9.78 Å². The van der Waals surface area contributed by atoms with Crippen LogP contribution in [-0.4, -0.2) is 20.4 Å². The summed E-state index contributed by atoms with van der Waals surface area (Å²) in [6, 6.07) is 19.5. The van der Waals surface area contributed by atoms with Gasteiger partial charge in [0.25, 0.3) is 5.69 Å². The van der Waals surface area contributed by atoms with Crippen LogP contribution in [0.5, 0.6) is 0 Å². The van der Waals surface area contributed by atoms with E-state index in [1.54, 1.807) is 11.3 Å². The maximum Gasteiger partial charge on any atom is 0.419 e. The molecule has 5 rings (SSSR count). The van der Waals surface area contributed by atoms with Gasteiger partial charge in [0.1, 0.15) is 5.01 Å². The first-order chi connectivity index (χ1) is 16.5. The Morgan fingerprint density at radius 2 is 1.97 bits per heavy atom. The molecule has 0 bridgehead atoms. The van der Waals surface area contributed by atoms with Crippen molar-refractivity contribution < 1.29 is 14.1 Å². The highest BCUT2D eigenvalue weighted by atomic mass is 32.1. The van der Waals surface area contributed by atoms with Gasteiger partial charge in [0.05, 0.1) is 26.7 Å². The summed E-state index contributed by atoms with van der Waals surface area (Å²) in [5.41, 5.74) is 2.98. The molecule has 2 heterocycles. The fourth-order valence-electron chi connectivity index (χ4n) is 3.73. The van der Waals surface area contributed by atoms with Gasteiger partial charge in [0.15, 0.2) is 5.58 Å². The zero-order valence-corrected chi connectivity index (χ0v) is 18.6. The Bertz CT molecular complexity index is 1570. The molecular formula is C24H18N4O5S. The Labute approximate surface area is 196 Å². The summed E-state index contributed by atoms with van der Waals surface area (Å²) in [4.78, 5) is 39.6. The highest BCUT2D eigenvalue weighted by molar-refractivity contribution is 7.21. The van der Waals surface area contributed by atoms with Crippen LogP contribution in [0.3, 0.4) is 0 Å². The van der Waals surface area contributed by atoms with E-state index in [0.717, 1.165) is 20.8 Å². The summed E-state index contributed by atoms with van der Waals surface area (Å²) < 4.78 is 7.59. The molecule has 3 aromatic carbocycles. The average Bonchev–Trinajstić information content (AvgIpc) is 3.39. The van der Waals surface area contributed by atoms with E-state index < -0.39 is 10.7 Å². The minimum Gasteiger partial charge on any atom is -0.407 e. The standard InChI is InChI=1S/C24H18N4O5S/c29-22(9-4-12-27-19-11-10-17(28(31)32)14-20(19)33-24(27)30)25-16-6-3-5-15(13-16)23-26-18-7-1-2-8-21(18)34-23/h1-3,5-8,10-11,13-14H,4,9,12H2,(H,25,29). The van der Waals surface area contributed by atoms with Crippen molar-refractivity contribution in [3.8, 4) is 10.6 Å². The minimum atomic E-state index is -0.612. The van der Waals surface area contributed by atoms with Crippen LogP contribution in [0.15, 0.2) is 75.9 Å². The van der Waals surface area contributed by atoms with E-state index in [1.807, 2.05) is 48.5 Å². The first kappa shape index (κ1) is 21.5. The molecule has 170 valence electrons. The van der Waals surface area contributed by atoms with Gasteiger partial charge in [-0.2, -0.15) is 0 Å². The lowest BCUT2D eigenvalue weighted by Gasteiger charge is -2.07. The van der Waals surface area contributed by atoms with Gasteiger partial charge < -0.3 is 9.73 Å². The molecule has 0 saturated carbocycles. The topological polar surface area (TPSA) is 120 Å². The molecule has 0 saturated heterocycles. The van der Waals surface area contributed by atoms with Crippen molar-refractivity contribution in [3.63, 3.8) is 0 Å². The van der Waals surface area contributed by atoms with Crippen molar-refractivity contribution >= 4 is 49.9 Å². The molecule has 0 aliphatic rings. The zero-order chi connectivity index (χ0) is 23.7. The number of amides is 1. The lowest BCUT2D eigenvalue weighted by atomic mass is 10.2. The van der Waals surface area contributed by atoms with Gasteiger partial charge in [0, 0.05) is 30.3 Å². The van der Waals surface area contributed by atoms with E-state index in [9.17, 15) is 19.7 Å². The van der Waals surface area contributed by atoms with Crippen molar-refractivity contribution in [2.45, 2.75) is 19.4 Å². The van der Waals surface area contributed by atoms with Crippen LogP contribution in [0.25, 0.3) is 31.9 Å². The molecule has 10 heteroatoms. The number of thiazole rings is 1. The van der Waals surface area contributed by atoms with E-state index >= 15 is 0 Å². The summed E-state index contributed by atoms with van der Waals surface area (Å²) in [7, 11) is 0. The van der Waals surface area contributed by atoms with Crippen molar-refractivity contribution in [1.82, 2.24) is 9.55 Å². The van der Waals surface area contributed by atoms with Crippen molar-refractivity contribution in [2.24, 2.45) is 0 Å². The van der Waals surface area contributed by atoms with Gasteiger partial charge in [-0.3, -0.25) is 19.5 Å². The van der Waals surface area contributed by atoms with Gasteiger partial charge in [0.2, 0.25) is 5.91 Å². The molecule has 0 aliphatic heterocycles. The number of carbonyl (C=O) groups excluding carboxylic acids is 1. The third-order valence-corrected chi connectivity index (χ3v) is 6.42. The number of nitro benzene ring substituents is 1. The third kappa shape index (κ3) is 4.30. The number of rotatable bonds is 7. The zero-order valence-electron chi connectivity index (χ0n) is 17.8. The molecule has 1 N–H and O–H groups in total. The van der Waals surface area contributed by atoms with Gasteiger partial charge in [-0.1, -0.05) is 24.3 Å². The molecule has 0 unspecified atom stereocenters. The molecule has 9 nitrogen and oxygen atoms in total. The monoisotopic (exact) mass is 474 g/mol.